The van der Waals surface area contributed by atoms with Gasteiger partial charge in [0.2, 0.25) is 0 Å². The second-order valence-electron chi connectivity index (χ2n) is 3.45. The smallest absolute Gasteiger partial charge is 0.166 e. The van der Waals surface area contributed by atoms with Crippen LogP contribution in [0.25, 0.3) is 0 Å². The highest BCUT2D eigenvalue weighted by Gasteiger charge is 2.06. The highest BCUT2D eigenvalue weighted by atomic mass is 32.2. The van der Waals surface area contributed by atoms with E-state index in [0.29, 0.717) is 0 Å². The van der Waals surface area contributed by atoms with Crippen molar-refractivity contribution in [3.63, 3.8) is 0 Å². The molecule has 0 aromatic carbocycles. The molecule has 0 saturated heterocycles. The van der Waals surface area contributed by atoms with Gasteiger partial charge in [0.1, 0.15) is 0 Å². The fourth-order valence-electron chi connectivity index (χ4n) is 1.20. The van der Waals surface area contributed by atoms with Gasteiger partial charge >= 0.3 is 0 Å². The van der Waals surface area contributed by atoms with Crippen molar-refractivity contribution >= 4 is 16.5 Å². The lowest BCUT2D eigenvalue weighted by molar-refractivity contribution is -0.0844. The first-order valence-corrected chi connectivity index (χ1v) is 6.74. The van der Waals surface area contributed by atoms with E-state index in [0.717, 1.165) is 11.6 Å². The Morgan fingerprint density at radius 2 is 2.12 bits per heavy atom. The summed E-state index contributed by atoms with van der Waals surface area (Å²) in [5, 5.41) is 0. The molecule has 0 fully saturated rings. The van der Waals surface area contributed by atoms with E-state index in [-0.39, 0.29) is 17.0 Å². The van der Waals surface area contributed by atoms with Gasteiger partial charge in [-0.15, -0.1) is 0 Å². The third-order valence-electron chi connectivity index (χ3n) is 2.05. The zero-order chi connectivity index (χ0) is 12.0. The zero-order valence-electron chi connectivity index (χ0n) is 10.1. The van der Waals surface area contributed by atoms with Gasteiger partial charge in [-0.25, -0.2) is 9.35 Å². The van der Waals surface area contributed by atoms with E-state index in [4.69, 9.17) is 9.47 Å². The molecule has 0 N–H and O–H groups in total. The van der Waals surface area contributed by atoms with E-state index < -0.39 is 0 Å². The van der Waals surface area contributed by atoms with Gasteiger partial charge in [0, 0.05) is 20.4 Å². The molecule has 0 aliphatic carbocycles. The minimum absolute atomic E-state index is 0.147. The van der Waals surface area contributed by atoms with Gasteiger partial charge in [-0.2, -0.15) is 0 Å². The first kappa shape index (κ1) is 13.3. The molecule has 1 aromatic heterocycles. The van der Waals surface area contributed by atoms with E-state index >= 15 is 0 Å². The molecule has 5 heteroatoms. The molecule has 90 valence electrons. The van der Waals surface area contributed by atoms with Crippen molar-refractivity contribution in [1.82, 2.24) is 4.98 Å². The second-order valence-corrected chi connectivity index (χ2v) is 5.17. The Bertz CT molecular complexity index is 365. The summed E-state index contributed by atoms with van der Waals surface area (Å²) in [6, 6.07) is 3.93. The van der Waals surface area contributed by atoms with Crippen LogP contribution in [0.2, 0.25) is 0 Å². The summed E-state index contributed by atoms with van der Waals surface area (Å²) in [6.07, 6.45) is 3.63. The van der Waals surface area contributed by atoms with Gasteiger partial charge in [-0.3, -0.25) is 0 Å². The highest BCUT2D eigenvalue weighted by Crippen LogP contribution is 2.11. The molecule has 0 aliphatic heterocycles. The summed E-state index contributed by atoms with van der Waals surface area (Å²) in [7, 11) is 3.12. The number of aryl methyl sites for hydroxylation is 1. The fraction of sp³-hybridized carbons (Fsp3) is 0.545. The normalized spacial score (nSPS) is 13.3. The minimum atomic E-state index is -0.193. The van der Waals surface area contributed by atoms with Gasteiger partial charge in [0.15, 0.2) is 12.1 Å². The van der Waals surface area contributed by atoms with Crippen molar-refractivity contribution in [2.24, 2.45) is 4.36 Å². The minimum Gasteiger partial charge on any atom is -0.355 e. The maximum absolute atomic E-state index is 5.14. The Labute approximate surface area is 99.1 Å². The van der Waals surface area contributed by atoms with Crippen LogP contribution in [0.1, 0.15) is 5.56 Å². The standard InChI is InChI=1S/C11H18N2O2S/c1-9-5-6-12-10(7-9)13-16(4)8-11(14-2)15-3/h5-7,11H,8H2,1-4H3. The van der Waals surface area contributed by atoms with Crippen LogP contribution in [0, 0.1) is 6.92 Å². The molecule has 4 nitrogen and oxygen atoms in total. The SMILES string of the molecule is COC(CS(C)=Nc1cc(C)ccn1)OC. The molecule has 0 spiro atoms. The summed E-state index contributed by atoms with van der Waals surface area (Å²) in [6.45, 7) is 2.03. The maximum Gasteiger partial charge on any atom is 0.166 e. The predicted octanol–water partition coefficient (Wildman–Crippen LogP) is 2.07. The summed E-state index contributed by atoms with van der Waals surface area (Å²) in [4.78, 5) is 4.20. The average molecular weight is 242 g/mol. The number of ether oxygens (including phenoxy) is 2. The van der Waals surface area contributed by atoms with Crippen LogP contribution in [0.4, 0.5) is 5.82 Å². The van der Waals surface area contributed by atoms with E-state index in [1.165, 1.54) is 5.56 Å². The van der Waals surface area contributed by atoms with Crippen molar-refractivity contribution in [2.45, 2.75) is 13.2 Å². The van der Waals surface area contributed by atoms with Gasteiger partial charge in [0.25, 0.3) is 0 Å². The zero-order valence-corrected chi connectivity index (χ0v) is 11.0. The molecule has 0 saturated carbocycles. The lowest BCUT2D eigenvalue weighted by atomic mass is 10.3. The van der Waals surface area contributed by atoms with Crippen LogP contribution in [-0.2, 0) is 20.2 Å². The van der Waals surface area contributed by atoms with Crippen molar-refractivity contribution in [2.75, 3.05) is 26.2 Å². The molecule has 0 amide bonds. The number of nitrogens with zero attached hydrogens (tertiary/aromatic N) is 2. The number of methoxy groups -OCH3 is 2. The van der Waals surface area contributed by atoms with Crippen molar-refractivity contribution in [3.05, 3.63) is 23.9 Å². The summed E-state index contributed by atoms with van der Waals surface area (Å²) >= 11 is 0. The number of pyridine rings is 1. The second kappa shape index (κ2) is 6.73. The quantitative estimate of drug-likeness (QED) is 0.742. The molecule has 16 heavy (non-hydrogen) atoms. The molecule has 0 aliphatic rings. The third kappa shape index (κ3) is 4.38. The number of aromatic nitrogens is 1. The summed E-state index contributed by atoms with van der Waals surface area (Å²) in [5.41, 5.74) is 1.17. The largest absolute Gasteiger partial charge is 0.355 e. The molecule has 0 bridgehead atoms. The monoisotopic (exact) mass is 242 g/mol. The molecule has 1 atom stereocenters. The fourth-order valence-corrected chi connectivity index (χ4v) is 2.36. The Morgan fingerprint density at radius 3 is 2.69 bits per heavy atom. The van der Waals surface area contributed by atoms with Gasteiger partial charge in [-0.05, 0) is 30.9 Å². The Kier molecular flexibility index (Phi) is 5.59. The molecule has 1 heterocycles. The van der Waals surface area contributed by atoms with E-state index in [2.05, 4.69) is 15.6 Å². The van der Waals surface area contributed by atoms with Crippen LogP contribution in [0.5, 0.6) is 0 Å². The van der Waals surface area contributed by atoms with Gasteiger partial charge < -0.3 is 9.47 Å². The Balaban J connectivity index is 2.69. The summed E-state index contributed by atoms with van der Waals surface area (Å²) in [5.74, 6) is 1.53. The van der Waals surface area contributed by atoms with Crippen LogP contribution in [0.3, 0.4) is 0 Å². The van der Waals surface area contributed by atoms with Gasteiger partial charge in [0.05, 0.1) is 5.75 Å². The van der Waals surface area contributed by atoms with Gasteiger partial charge in [-0.1, -0.05) is 10.7 Å². The molecule has 1 rings (SSSR count). The Hall–Kier alpha value is -0.780. The van der Waals surface area contributed by atoms with E-state index in [1.807, 2.05) is 19.1 Å². The third-order valence-corrected chi connectivity index (χ3v) is 3.31. The van der Waals surface area contributed by atoms with E-state index in [9.17, 15) is 0 Å². The molecular weight excluding hydrogens is 224 g/mol. The van der Waals surface area contributed by atoms with Crippen LogP contribution >= 0.6 is 0 Å². The lowest BCUT2D eigenvalue weighted by Crippen LogP contribution is -2.20. The van der Waals surface area contributed by atoms with Crippen LogP contribution in [0.15, 0.2) is 22.7 Å². The molecular formula is C11H18N2O2S. The lowest BCUT2D eigenvalue weighted by Gasteiger charge is -2.13. The topological polar surface area (TPSA) is 43.7 Å². The first-order chi connectivity index (χ1) is 7.65. The van der Waals surface area contributed by atoms with Crippen molar-refractivity contribution < 1.29 is 9.47 Å². The van der Waals surface area contributed by atoms with Crippen LogP contribution < -0.4 is 0 Å². The maximum atomic E-state index is 5.14. The molecule has 1 unspecified atom stereocenters. The average Bonchev–Trinajstić information content (AvgIpc) is 2.26. The predicted molar refractivity (Wildman–Crippen MR) is 67.0 cm³/mol. The van der Waals surface area contributed by atoms with E-state index in [1.54, 1.807) is 20.4 Å². The van der Waals surface area contributed by atoms with Crippen LogP contribution in [-0.4, -0.2) is 37.5 Å². The number of hydrogen-bond donors (Lipinski definition) is 0. The first-order valence-electron chi connectivity index (χ1n) is 4.98. The van der Waals surface area contributed by atoms with Crippen molar-refractivity contribution in [1.29, 1.82) is 0 Å². The molecule has 0 radical (unpaired) electrons. The number of hydrogen-bond acceptors (Lipinski definition) is 4. The number of rotatable bonds is 5. The summed E-state index contributed by atoms with van der Waals surface area (Å²) < 4.78 is 14.8. The molecule has 1 aromatic rings. The van der Waals surface area contributed by atoms with Crippen molar-refractivity contribution in [3.8, 4) is 0 Å². The highest BCUT2D eigenvalue weighted by molar-refractivity contribution is 7.86. The Morgan fingerprint density at radius 1 is 1.44 bits per heavy atom.